The molecule has 102 valence electrons. The number of halogens is 2. The summed E-state index contributed by atoms with van der Waals surface area (Å²) in [5.74, 6) is -0.0512. The summed E-state index contributed by atoms with van der Waals surface area (Å²) >= 11 is 11.8. The number of hydrogen-bond acceptors (Lipinski definition) is 3. The van der Waals surface area contributed by atoms with Gasteiger partial charge in [0.2, 0.25) is 0 Å². The highest BCUT2D eigenvalue weighted by molar-refractivity contribution is 6.35. The Hall–Kier alpha value is -0.840. The van der Waals surface area contributed by atoms with E-state index in [1.54, 1.807) is 6.07 Å². The van der Waals surface area contributed by atoms with Gasteiger partial charge in [0, 0.05) is 38.4 Å². The zero-order chi connectivity index (χ0) is 13.4. The number of nitrogens with zero attached hydrogens (tertiary/aromatic N) is 3. The summed E-state index contributed by atoms with van der Waals surface area (Å²) in [7, 11) is 0. The lowest BCUT2D eigenvalue weighted by Crippen LogP contribution is -2.49. The van der Waals surface area contributed by atoms with Crippen molar-refractivity contribution in [3.8, 4) is 0 Å². The van der Waals surface area contributed by atoms with E-state index >= 15 is 0 Å². The number of carbonyl (C=O) groups excluding carboxylic acids is 1. The van der Waals surface area contributed by atoms with Gasteiger partial charge in [-0.2, -0.15) is 0 Å². The molecule has 6 heteroatoms. The van der Waals surface area contributed by atoms with Gasteiger partial charge in [0.05, 0.1) is 10.6 Å². The molecule has 19 heavy (non-hydrogen) atoms. The van der Waals surface area contributed by atoms with Crippen LogP contribution in [0.5, 0.6) is 0 Å². The first-order chi connectivity index (χ1) is 9.15. The Labute approximate surface area is 122 Å². The number of amides is 1. The molecule has 1 aromatic rings. The van der Waals surface area contributed by atoms with Gasteiger partial charge in [-0.25, -0.2) is 4.98 Å². The third-order valence-electron chi connectivity index (χ3n) is 3.72. The van der Waals surface area contributed by atoms with Crippen LogP contribution in [-0.4, -0.2) is 52.9 Å². The van der Waals surface area contributed by atoms with Gasteiger partial charge in [0.15, 0.2) is 0 Å². The Morgan fingerprint density at radius 3 is 2.53 bits per heavy atom. The maximum absolute atomic E-state index is 12.4. The predicted octanol–water partition coefficient (Wildman–Crippen LogP) is 2.31. The van der Waals surface area contributed by atoms with Crippen molar-refractivity contribution in [3.05, 3.63) is 28.0 Å². The third-order valence-corrected chi connectivity index (χ3v) is 4.23. The second-order valence-corrected chi connectivity index (χ2v) is 5.84. The van der Waals surface area contributed by atoms with E-state index in [2.05, 4.69) is 9.88 Å². The van der Waals surface area contributed by atoms with Gasteiger partial charge >= 0.3 is 0 Å². The van der Waals surface area contributed by atoms with E-state index in [0.717, 1.165) is 32.2 Å². The van der Waals surface area contributed by atoms with Crippen LogP contribution < -0.4 is 0 Å². The zero-order valence-electron chi connectivity index (χ0n) is 10.5. The van der Waals surface area contributed by atoms with E-state index in [9.17, 15) is 4.79 Å². The first kappa shape index (κ1) is 13.2. The molecule has 1 saturated heterocycles. The maximum Gasteiger partial charge on any atom is 0.255 e. The van der Waals surface area contributed by atoms with E-state index in [1.165, 1.54) is 19.0 Å². The lowest BCUT2D eigenvalue weighted by atomic mass is 10.2. The fourth-order valence-electron chi connectivity index (χ4n) is 2.48. The van der Waals surface area contributed by atoms with Crippen LogP contribution in [0.2, 0.25) is 10.2 Å². The molecule has 0 aromatic carbocycles. The monoisotopic (exact) mass is 299 g/mol. The van der Waals surface area contributed by atoms with Crippen molar-refractivity contribution < 1.29 is 4.79 Å². The highest BCUT2D eigenvalue weighted by atomic mass is 35.5. The molecule has 1 amide bonds. The average Bonchev–Trinajstić information content (AvgIpc) is 3.25. The molecule has 4 nitrogen and oxygen atoms in total. The molecule has 1 aliphatic heterocycles. The van der Waals surface area contributed by atoms with Crippen molar-refractivity contribution in [3.63, 3.8) is 0 Å². The topological polar surface area (TPSA) is 36.4 Å². The molecule has 2 fully saturated rings. The van der Waals surface area contributed by atoms with E-state index in [4.69, 9.17) is 23.2 Å². The SMILES string of the molecule is O=C(c1cc(Cl)ncc1Cl)N1CCN(C2CC2)CC1. The van der Waals surface area contributed by atoms with Crippen LogP contribution in [0.4, 0.5) is 0 Å². The van der Waals surface area contributed by atoms with E-state index in [0.29, 0.717) is 15.7 Å². The number of carbonyl (C=O) groups is 1. The van der Waals surface area contributed by atoms with Crippen LogP contribution in [0, 0.1) is 0 Å². The Bertz CT molecular complexity index is 497. The van der Waals surface area contributed by atoms with Crippen LogP contribution in [0.3, 0.4) is 0 Å². The van der Waals surface area contributed by atoms with Gasteiger partial charge in [-0.3, -0.25) is 9.69 Å². The fourth-order valence-corrected chi connectivity index (χ4v) is 2.82. The maximum atomic E-state index is 12.4. The van der Waals surface area contributed by atoms with Crippen molar-refractivity contribution in [1.82, 2.24) is 14.8 Å². The Kier molecular flexibility index (Phi) is 3.65. The van der Waals surface area contributed by atoms with Crippen LogP contribution in [0.1, 0.15) is 23.2 Å². The molecule has 0 bridgehead atoms. The summed E-state index contributed by atoms with van der Waals surface area (Å²) in [5.41, 5.74) is 0.446. The lowest BCUT2D eigenvalue weighted by Gasteiger charge is -2.35. The first-order valence-corrected chi connectivity index (χ1v) is 7.25. The van der Waals surface area contributed by atoms with Crippen molar-refractivity contribution in [2.24, 2.45) is 0 Å². The molecule has 0 spiro atoms. The highest BCUT2D eigenvalue weighted by Gasteiger charge is 2.32. The molecule has 0 atom stereocenters. The van der Waals surface area contributed by atoms with E-state index in [1.807, 2.05) is 4.90 Å². The van der Waals surface area contributed by atoms with E-state index in [-0.39, 0.29) is 5.91 Å². The molecule has 0 radical (unpaired) electrons. The molecule has 1 aromatic heterocycles. The van der Waals surface area contributed by atoms with Crippen molar-refractivity contribution >= 4 is 29.1 Å². The molecular formula is C13H15Cl2N3O. The normalized spacial score (nSPS) is 20.6. The fraction of sp³-hybridized carbons (Fsp3) is 0.538. The summed E-state index contributed by atoms with van der Waals surface area (Å²) in [6.45, 7) is 3.41. The Morgan fingerprint density at radius 1 is 1.21 bits per heavy atom. The second kappa shape index (κ2) is 5.27. The number of aromatic nitrogens is 1. The average molecular weight is 300 g/mol. The molecule has 0 N–H and O–H groups in total. The standard InChI is InChI=1S/C13H15Cl2N3O/c14-11-8-16-12(15)7-10(11)13(19)18-5-3-17(4-6-18)9-1-2-9/h7-9H,1-6H2. The van der Waals surface area contributed by atoms with Crippen LogP contribution in [0.25, 0.3) is 0 Å². The van der Waals surface area contributed by atoms with Crippen LogP contribution in [0.15, 0.2) is 12.3 Å². The summed E-state index contributed by atoms with van der Waals surface area (Å²) < 4.78 is 0. The largest absolute Gasteiger partial charge is 0.336 e. The highest BCUT2D eigenvalue weighted by Crippen LogP contribution is 2.28. The van der Waals surface area contributed by atoms with Gasteiger partial charge in [-0.05, 0) is 18.9 Å². The molecule has 3 rings (SSSR count). The molecule has 1 saturated carbocycles. The van der Waals surface area contributed by atoms with Gasteiger partial charge in [0.1, 0.15) is 5.15 Å². The number of pyridine rings is 1. The molecule has 2 aliphatic rings. The van der Waals surface area contributed by atoms with Gasteiger partial charge in [-0.1, -0.05) is 23.2 Å². The summed E-state index contributed by atoms with van der Waals surface area (Å²) in [5, 5.41) is 0.656. The molecular weight excluding hydrogens is 285 g/mol. The summed E-state index contributed by atoms with van der Waals surface area (Å²) in [6, 6.07) is 2.30. The summed E-state index contributed by atoms with van der Waals surface area (Å²) in [6.07, 6.45) is 4.04. The molecule has 2 heterocycles. The molecule has 1 aliphatic carbocycles. The lowest BCUT2D eigenvalue weighted by molar-refractivity contribution is 0.0627. The predicted molar refractivity (Wildman–Crippen MR) is 74.8 cm³/mol. The first-order valence-electron chi connectivity index (χ1n) is 6.49. The third kappa shape index (κ3) is 2.86. The second-order valence-electron chi connectivity index (χ2n) is 5.05. The quantitative estimate of drug-likeness (QED) is 0.786. The van der Waals surface area contributed by atoms with Crippen molar-refractivity contribution in [1.29, 1.82) is 0 Å². The van der Waals surface area contributed by atoms with Crippen LogP contribution >= 0.6 is 23.2 Å². The minimum atomic E-state index is -0.0512. The molecule has 0 unspecified atom stereocenters. The zero-order valence-corrected chi connectivity index (χ0v) is 12.0. The van der Waals surface area contributed by atoms with E-state index < -0.39 is 0 Å². The minimum Gasteiger partial charge on any atom is -0.336 e. The Balaban J connectivity index is 1.68. The van der Waals surface area contributed by atoms with Gasteiger partial charge in [0.25, 0.3) is 5.91 Å². The summed E-state index contributed by atoms with van der Waals surface area (Å²) in [4.78, 5) is 20.6. The minimum absolute atomic E-state index is 0.0512. The Morgan fingerprint density at radius 2 is 1.89 bits per heavy atom. The number of hydrogen-bond donors (Lipinski definition) is 0. The van der Waals surface area contributed by atoms with Crippen molar-refractivity contribution in [2.45, 2.75) is 18.9 Å². The smallest absolute Gasteiger partial charge is 0.255 e. The van der Waals surface area contributed by atoms with Gasteiger partial charge < -0.3 is 4.90 Å². The van der Waals surface area contributed by atoms with Gasteiger partial charge in [-0.15, -0.1) is 0 Å². The number of piperazine rings is 1. The van der Waals surface area contributed by atoms with Crippen LogP contribution in [-0.2, 0) is 0 Å². The number of rotatable bonds is 2. The van der Waals surface area contributed by atoms with Crippen molar-refractivity contribution in [2.75, 3.05) is 26.2 Å².